The van der Waals surface area contributed by atoms with E-state index >= 15 is 0 Å². The van der Waals surface area contributed by atoms with Crippen LogP contribution in [0.3, 0.4) is 0 Å². The standard InChI is InChI=1S/C19H23FO3/c1-11(13(3)19(21)22)8-10-18(20)12(2)7-9-17-14(4)15(5)23-16(17)6/h7-10H,1-6H3,(H,21,22). The Morgan fingerprint density at radius 3 is 2.09 bits per heavy atom. The van der Waals surface area contributed by atoms with E-state index in [-0.39, 0.29) is 5.57 Å². The first-order valence-electron chi connectivity index (χ1n) is 7.35. The van der Waals surface area contributed by atoms with E-state index < -0.39 is 11.8 Å². The van der Waals surface area contributed by atoms with Crippen LogP contribution < -0.4 is 0 Å². The van der Waals surface area contributed by atoms with Gasteiger partial charge in [-0.1, -0.05) is 18.2 Å². The summed E-state index contributed by atoms with van der Waals surface area (Å²) >= 11 is 0. The predicted molar refractivity (Wildman–Crippen MR) is 90.9 cm³/mol. The molecule has 0 saturated carbocycles. The van der Waals surface area contributed by atoms with E-state index in [0.717, 1.165) is 22.6 Å². The molecule has 0 aliphatic heterocycles. The van der Waals surface area contributed by atoms with E-state index in [0.29, 0.717) is 11.1 Å². The summed E-state index contributed by atoms with van der Waals surface area (Å²) < 4.78 is 19.6. The van der Waals surface area contributed by atoms with Crippen molar-refractivity contribution in [2.24, 2.45) is 0 Å². The normalized spacial score (nSPS) is 14.4. The van der Waals surface area contributed by atoms with Gasteiger partial charge in [-0.15, -0.1) is 0 Å². The molecule has 1 aromatic rings. The molecular formula is C19H23FO3. The second kappa shape index (κ2) is 7.77. The summed E-state index contributed by atoms with van der Waals surface area (Å²) in [6.07, 6.45) is 6.26. The largest absolute Gasteiger partial charge is 0.478 e. The molecule has 3 nitrogen and oxygen atoms in total. The molecule has 0 bridgehead atoms. The number of hydrogen-bond acceptors (Lipinski definition) is 2. The summed E-state index contributed by atoms with van der Waals surface area (Å²) in [5.41, 5.74) is 3.17. The highest BCUT2D eigenvalue weighted by Crippen LogP contribution is 2.23. The van der Waals surface area contributed by atoms with Crippen LogP contribution in [0.5, 0.6) is 0 Å². The van der Waals surface area contributed by atoms with Crippen LogP contribution in [0.2, 0.25) is 0 Å². The van der Waals surface area contributed by atoms with Crippen molar-refractivity contribution in [2.45, 2.75) is 41.5 Å². The van der Waals surface area contributed by atoms with Crippen LogP contribution in [-0.4, -0.2) is 11.1 Å². The molecule has 0 fully saturated rings. The van der Waals surface area contributed by atoms with Gasteiger partial charge in [-0.3, -0.25) is 0 Å². The van der Waals surface area contributed by atoms with E-state index in [1.807, 2.05) is 26.8 Å². The molecular weight excluding hydrogens is 295 g/mol. The van der Waals surface area contributed by atoms with Gasteiger partial charge in [0.1, 0.15) is 17.3 Å². The second-order valence-electron chi connectivity index (χ2n) is 5.56. The number of allylic oxidation sites excluding steroid dienone is 6. The van der Waals surface area contributed by atoms with Crippen molar-refractivity contribution in [1.82, 2.24) is 0 Å². The highest BCUT2D eigenvalue weighted by molar-refractivity contribution is 5.87. The van der Waals surface area contributed by atoms with Crippen LogP contribution in [0.25, 0.3) is 6.08 Å². The van der Waals surface area contributed by atoms with Crippen molar-refractivity contribution in [1.29, 1.82) is 0 Å². The highest BCUT2D eigenvalue weighted by Gasteiger charge is 2.08. The average Bonchev–Trinajstić information content (AvgIpc) is 2.74. The van der Waals surface area contributed by atoms with Crippen molar-refractivity contribution in [3.05, 3.63) is 63.4 Å². The zero-order valence-corrected chi connectivity index (χ0v) is 14.5. The molecule has 0 atom stereocenters. The molecule has 0 radical (unpaired) electrons. The van der Waals surface area contributed by atoms with E-state index in [4.69, 9.17) is 9.52 Å². The maximum absolute atomic E-state index is 14.1. The minimum atomic E-state index is -1.01. The number of carboxylic acids is 1. The van der Waals surface area contributed by atoms with Crippen LogP contribution in [0.15, 0.2) is 45.2 Å². The van der Waals surface area contributed by atoms with Crippen LogP contribution in [0.4, 0.5) is 4.39 Å². The van der Waals surface area contributed by atoms with Gasteiger partial charge in [0.2, 0.25) is 0 Å². The molecule has 1 N–H and O–H groups in total. The third-order valence-electron chi connectivity index (χ3n) is 3.89. The number of rotatable bonds is 5. The molecule has 124 valence electrons. The van der Waals surface area contributed by atoms with Crippen LogP contribution >= 0.6 is 0 Å². The third kappa shape index (κ3) is 4.81. The van der Waals surface area contributed by atoms with E-state index in [9.17, 15) is 9.18 Å². The van der Waals surface area contributed by atoms with Crippen molar-refractivity contribution in [3.63, 3.8) is 0 Å². The lowest BCUT2D eigenvalue weighted by molar-refractivity contribution is -0.132. The number of aliphatic carboxylic acids is 1. The molecule has 0 saturated heterocycles. The molecule has 0 amide bonds. The molecule has 1 rings (SSSR count). The summed E-state index contributed by atoms with van der Waals surface area (Å²) in [6.45, 7) is 10.5. The summed E-state index contributed by atoms with van der Waals surface area (Å²) in [7, 11) is 0. The monoisotopic (exact) mass is 318 g/mol. The number of halogens is 1. The molecule has 4 heteroatoms. The first-order chi connectivity index (χ1) is 10.6. The lowest BCUT2D eigenvalue weighted by Gasteiger charge is -1.98. The Kier molecular flexibility index (Phi) is 6.31. The number of aryl methyl sites for hydroxylation is 2. The summed E-state index contributed by atoms with van der Waals surface area (Å²) in [4.78, 5) is 10.8. The molecule has 0 aliphatic rings. The molecule has 1 aromatic heterocycles. The third-order valence-corrected chi connectivity index (χ3v) is 3.89. The second-order valence-corrected chi connectivity index (χ2v) is 5.56. The van der Waals surface area contributed by atoms with Gasteiger partial charge in [0.05, 0.1) is 0 Å². The van der Waals surface area contributed by atoms with E-state index in [1.165, 1.54) is 19.1 Å². The Hall–Kier alpha value is -2.36. The molecule has 0 spiro atoms. The minimum Gasteiger partial charge on any atom is -0.478 e. The zero-order valence-electron chi connectivity index (χ0n) is 14.5. The van der Waals surface area contributed by atoms with Crippen LogP contribution in [0.1, 0.15) is 43.4 Å². The van der Waals surface area contributed by atoms with Gasteiger partial charge in [0, 0.05) is 11.1 Å². The minimum absolute atomic E-state index is 0.197. The molecule has 1 heterocycles. The Morgan fingerprint density at radius 2 is 1.61 bits per heavy atom. The molecule has 23 heavy (non-hydrogen) atoms. The molecule has 0 aromatic carbocycles. The molecule has 0 aliphatic carbocycles. The Labute approximate surface area is 136 Å². The maximum Gasteiger partial charge on any atom is 0.331 e. The maximum atomic E-state index is 14.1. The fourth-order valence-electron chi connectivity index (χ4n) is 1.97. The van der Waals surface area contributed by atoms with Gasteiger partial charge < -0.3 is 9.52 Å². The number of carboxylic acid groups (broad SMARTS) is 1. The summed E-state index contributed by atoms with van der Waals surface area (Å²) in [6, 6.07) is 0. The van der Waals surface area contributed by atoms with Crippen molar-refractivity contribution in [2.75, 3.05) is 0 Å². The highest BCUT2D eigenvalue weighted by atomic mass is 19.1. The first kappa shape index (κ1) is 18.7. The Morgan fingerprint density at radius 1 is 1.00 bits per heavy atom. The lowest BCUT2D eigenvalue weighted by Crippen LogP contribution is -1.98. The predicted octanol–water partition coefficient (Wildman–Crippen LogP) is 5.44. The van der Waals surface area contributed by atoms with Gasteiger partial charge in [-0.2, -0.15) is 0 Å². The summed E-state index contributed by atoms with van der Waals surface area (Å²) in [5, 5.41) is 8.87. The number of hydrogen-bond donors (Lipinski definition) is 1. The topological polar surface area (TPSA) is 50.4 Å². The van der Waals surface area contributed by atoms with Crippen LogP contribution in [0, 0.1) is 20.8 Å². The van der Waals surface area contributed by atoms with Gasteiger partial charge in [0.15, 0.2) is 0 Å². The van der Waals surface area contributed by atoms with E-state index in [2.05, 4.69) is 0 Å². The van der Waals surface area contributed by atoms with Gasteiger partial charge in [0.25, 0.3) is 0 Å². The van der Waals surface area contributed by atoms with Crippen LogP contribution in [-0.2, 0) is 4.79 Å². The molecule has 0 unspecified atom stereocenters. The van der Waals surface area contributed by atoms with Crippen molar-refractivity contribution < 1.29 is 18.7 Å². The lowest BCUT2D eigenvalue weighted by atomic mass is 10.1. The van der Waals surface area contributed by atoms with Gasteiger partial charge in [-0.05, 0) is 64.3 Å². The summed E-state index contributed by atoms with van der Waals surface area (Å²) in [5.74, 6) is 0.244. The SMILES string of the molecule is CC(C=Cc1c(C)oc(C)c1C)=C(F)C=CC(C)=C(C)C(=O)O. The fraction of sp³-hybridized carbons (Fsp3) is 0.316. The fourth-order valence-corrected chi connectivity index (χ4v) is 1.97. The number of furan rings is 1. The Bertz CT molecular complexity index is 728. The van der Waals surface area contributed by atoms with E-state index in [1.54, 1.807) is 19.9 Å². The van der Waals surface area contributed by atoms with Crippen molar-refractivity contribution in [3.8, 4) is 0 Å². The number of carbonyl (C=O) groups is 1. The van der Waals surface area contributed by atoms with Crippen molar-refractivity contribution >= 4 is 12.0 Å². The van der Waals surface area contributed by atoms with Gasteiger partial charge in [-0.25, -0.2) is 9.18 Å². The smallest absolute Gasteiger partial charge is 0.331 e. The Balaban J connectivity index is 3.00. The quantitative estimate of drug-likeness (QED) is 0.581. The average molecular weight is 318 g/mol. The van der Waals surface area contributed by atoms with Gasteiger partial charge >= 0.3 is 5.97 Å². The first-order valence-corrected chi connectivity index (χ1v) is 7.35. The zero-order chi connectivity index (χ0) is 17.7.